The number of H-pyrrole nitrogens is 1. The SMILES string of the molecule is O=[N+]([O-])c1ccc(Cl)c(S(=O)(=O)Nc2ccn[nH]2)c1. The second kappa shape index (κ2) is 4.86. The molecule has 0 bridgehead atoms. The summed E-state index contributed by atoms with van der Waals surface area (Å²) in [6.45, 7) is 0. The van der Waals surface area contributed by atoms with Gasteiger partial charge in [-0.15, -0.1) is 0 Å². The summed E-state index contributed by atoms with van der Waals surface area (Å²) in [5, 5.41) is 16.5. The monoisotopic (exact) mass is 302 g/mol. The molecule has 1 heterocycles. The van der Waals surface area contributed by atoms with Crippen molar-refractivity contribution in [1.29, 1.82) is 0 Å². The van der Waals surface area contributed by atoms with Crippen LogP contribution < -0.4 is 4.72 Å². The molecule has 2 aromatic rings. The minimum atomic E-state index is -4.03. The molecule has 0 aliphatic rings. The lowest BCUT2D eigenvalue weighted by molar-refractivity contribution is -0.385. The zero-order valence-electron chi connectivity index (χ0n) is 9.20. The highest BCUT2D eigenvalue weighted by atomic mass is 35.5. The summed E-state index contributed by atoms with van der Waals surface area (Å²) < 4.78 is 26.2. The molecule has 8 nitrogen and oxygen atoms in total. The standard InChI is InChI=1S/C9H7ClN4O4S/c10-7-2-1-6(14(15)16)5-8(7)19(17,18)13-9-3-4-11-12-9/h1-5H,(H2,11,12,13). The summed E-state index contributed by atoms with van der Waals surface area (Å²) in [6.07, 6.45) is 1.35. The smallest absolute Gasteiger partial charge is 0.264 e. The molecule has 0 atom stereocenters. The molecule has 0 saturated heterocycles. The summed E-state index contributed by atoms with van der Waals surface area (Å²) in [4.78, 5) is 9.56. The zero-order chi connectivity index (χ0) is 14.0. The molecule has 0 spiro atoms. The van der Waals surface area contributed by atoms with Crippen molar-refractivity contribution in [2.45, 2.75) is 4.90 Å². The number of nitrogens with zero attached hydrogens (tertiary/aromatic N) is 2. The molecule has 0 fully saturated rings. The third kappa shape index (κ3) is 2.83. The number of nitrogens with one attached hydrogen (secondary N) is 2. The van der Waals surface area contributed by atoms with Crippen LogP contribution in [0.1, 0.15) is 0 Å². The molecule has 10 heteroatoms. The van der Waals surface area contributed by atoms with E-state index in [4.69, 9.17) is 11.6 Å². The van der Waals surface area contributed by atoms with Crippen LogP contribution in [0.5, 0.6) is 0 Å². The van der Waals surface area contributed by atoms with Crippen LogP contribution in [0.2, 0.25) is 5.02 Å². The van der Waals surface area contributed by atoms with Gasteiger partial charge in [0.05, 0.1) is 16.1 Å². The molecule has 0 aliphatic heterocycles. The number of hydrogen-bond acceptors (Lipinski definition) is 5. The Hall–Kier alpha value is -2.13. The van der Waals surface area contributed by atoms with E-state index in [0.29, 0.717) is 0 Å². The third-order valence-corrected chi connectivity index (χ3v) is 4.01. The number of nitro benzene ring substituents is 1. The molecule has 0 amide bonds. The van der Waals surface area contributed by atoms with Crippen molar-refractivity contribution < 1.29 is 13.3 Å². The molecule has 19 heavy (non-hydrogen) atoms. The first-order chi connectivity index (χ1) is 8.90. The van der Waals surface area contributed by atoms with Crippen molar-refractivity contribution in [3.8, 4) is 0 Å². The first-order valence-corrected chi connectivity index (χ1v) is 6.72. The number of sulfonamides is 1. The summed E-state index contributed by atoms with van der Waals surface area (Å²) in [7, 11) is -4.03. The number of benzene rings is 1. The normalized spacial score (nSPS) is 11.2. The molecular formula is C9H7ClN4O4S. The molecule has 100 valence electrons. The predicted molar refractivity (Wildman–Crippen MR) is 67.5 cm³/mol. The van der Waals surface area contributed by atoms with Crippen LogP contribution in [-0.4, -0.2) is 23.5 Å². The highest BCUT2D eigenvalue weighted by molar-refractivity contribution is 7.92. The minimum absolute atomic E-state index is 0.113. The number of non-ortho nitro benzene ring substituents is 1. The second-order valence-corrected chi connectivity index (χ2v) is 5.51. The third-order valence-electron chi connectivity index (χ3n) is 2.16. The molecule has 2 N–H and O–H groups in total. The molecule has 0 radical (unpaired) electrons. The van der Waals surface area contributed by atoms with Gasteiger partial charge in [-0.25, -0.2) is 8.42 Å². The van der Waals surface area contributed by atoms with Gasteiger partial charge in [0.1, 0.15) is 10.7 Å². The lowest BCUT2D eigenvalue weighted by atomic mass is 10.3. The van der Waals surface area contributed by atoms with Gasteiger partial charge in [-0.3, -0.25) is 19.9 Å². The molecule has 0 unspecified atom stereocenters. The van der Waals surface area contributed by atoms with Gasteiger partial charge in [0.15, 0.2) is 0 Å². The van der Waals surface area contributed by atoms with E-state index in [-0.39, 0.29) is 21.4 Å². The van der Waals surface area contributed by atoms with Crippen LogP contribution in [0.15, 0.2) is 35.4 Å². The highest BCUT2D eigenvalue weighted by Gasteiger charge is 2.22. The van der Waals surface area contributed by atoms with Gasteiger partial charge >= 0.3 is 0 Å². The van der Waals surface area contributed by atoms with Crippen LogP contribution in [0, 0.1) is 10.1 Å². The Kier molecular flexibility index (Phi) is 3.40. The zero-order valence-corrected chi connectivity index (χ0v) is 10.8. The van der Waals surface area contributed by atoms with Gasteiger partial charge in [0.2, 0.25) is 0 Å². The van der Waals surface area contributed by atoms with E-state index in [1.165, 1.54) is 12.3 Å². The average Bonchev–Trinajstić information content (AvgIpc) is 2.81. The Morgan fingerprint density at radius 3 is 2.68 bits per heavy atom. The van der Waals surface area contributed by atoms with E-state index >= 15 is 0 Å². The van der Waals surface area contributed by atoms with Gasteiger partial charge in [-0.05, 0) is 6.07 Å². The van der Waals surface area contributed by atoms with E-state index < -0.39 is 14.9 Å². The van der Waals surface area contributed by atoms with Crippen molar-refractivity contribution in [3.63, 3.8) is 0 Å². The average molecular weight is 303 g/mol. The molecule has 2 rings (SSSR count). The first kappa shape index (κ1) is 13.3. The number of halogens is 1. The lowest BCUT2D eigenvalue weighted by Crippen LogP contribution is -2.14. The van der Waals surface area contributed by atoms with Crippen LogP contribution in [0.4, 0.5) is 11.5 Å². The molecular weight excluding hydrogens is 296 g/mol. The van der Waals surface area contributed by atoms with Crippen molar-refractivity contribution >= 4 is 33.1 Å². The Bertz CT molecular complexity index is 714. The summed E-state index contributed by atoms with van der Waals surface area (Å²) in [5.41, 5.74) is -0.366. The van der Waals surface area contributed by atoms with E-state index in [9.17, 15) is 18.5 Å². The number of aromatic nitrogens is 2. The van der Waals surface area contributed by atoms with Gasteiger partial charge in [-0.1, -0.05) is 11.6 Å². The Balaban J connectivity index is 2.45. The molecule has 1 aromatic carbocycles. The van der Waals surface area contributed by atoms with Crippen molar-refractivity contribution in [1.82, 2.24) is 10.2 Å². The van der Waals surface area contributed by atoms with Crippen molar-refractivity contribution in [2.75, 3.05) is 4.72 Å². The van der Waals surface area contributed by atoms with Gasteiger partial charge in [-0.2, -0.15) is 5.10 Å². The quantitative estimate of drug-likeness (QED) is 0.659. The minimum Gasteiger partial charge on any atom is -0.264 e. The Morgan fingerprint density at radius 1 is 1.37 bits per heavy atom. The Morgan fingerprint density at radius 2 is 2.11 bits per heavy atom. The summed E-state index contributed by atoms with van der Waals surface area (Å²) >= 11 is 5.76. The van der Waals surface area contributed by atoms with E-state index in [0.717, 1.165) is 18.2 Å². The molecule has 1 aromatic heterocycles. The van der Waals surface area contributed by atoms with Gasteiger partial charge in [0.25, 0.3) is 15.7 Å². The van der Waals surface area contributed by atoms with Crippen LogP contribution in [0.3, 0.4) is 0 Å². The molecule has 0 saturated carbocycles. The first-order valence-electron chi connectivity index (χ1n) is 4.86. The topological polar surface area (TPSA) is 118 Å². The summed E-state index contributed by atoms with van der Waals surface area (Å²) in [5.74, 6) is 0.127. The largest absolute Gasteiger partial charge is 0.270 e. The number of nitro groups is 1. The van der Waals surface area contributed by atoms with Gasteiger partial charge < -0.3 is 0 Å². The van der Waals surface area contributed by atoms with Crippen LogP contribution in [0.25, 0.3) is 0 Å². The fourth-order valence-corrected chi connectivity index (χ4v) is 2.86. The van der Waals surface area contributed by atoms with Crippen LogP contribution >= 0.6 is 11.6 Å². The van der Waals surface area contributed by atoms with Crippen molar-refractivity contribution in [3.05, 3.63) is 45.6 Å². The fraction of sp³-hybridized carbons (Fsp3) is 0. The fourth-order valence-electron chi connectivity index (χ4n) is 1.32. The molecule has 0 aliphatic carbocycles. The Labute approximate surface area is 112 Å². The number of aromatic amines is 1. The number of rotatable bonds is 4. The van der Waals surface area contributed by atoms with E-state index in [1.807, 2.05) is 0 Å². The lowest BCUT2D eigenvalue weighted by Gasteiger charge is -2.07. The van der Waals surface area contributed by atoms with Crippen molar-refractivity contribution in [2.24, 2.45) is 0 Å². The maximum atomic E-state index is 12.0. The predicted octanol–water partition coefficient (Wildman–Crippen LogP) is 1.77. The maximum absolute atomic E-state index is 12.0. The number of hydrogen-bond donors (Lipinski definition) is 2. The van der Waals surface area contributed by atoms with E-state index in [2.05, 4.69) is 14.9 Å². The van der Waals surface area contributed by atoms with Gasteiger partial charge in [0, 0.05) is 18.2 Å². The van der Waals surface area contributed by atoms with E-state index in [1.54, 1.807) is 0 Å². The summed E-state index contributed by atoms with van der Waals surface area (Å²) in [6, 6.07) is 4.56. The highest BCUT2D eigenvalue weighted by Crippen LogP contribution is 2.27. The second-order valence-electron chi connectivity index (χ2n) is 3.45. The number of anilines is 1. The maximum Gasteiger partial charge on any atom is 0.270 e. The van der Waals surface area contributed by atoms with Crippen LogP contribution in [-0.2, 0) is 10.0 Å².